The predicted octanol–water partition coefficient (Wildman–Crippen LogP) is 4.01. The molecule has 2 unspecified atom stereocenters. The summed E-state index contributed by atoms with van der Waals surface area (Å²) in [6.45, 7) is 5.94. The van der Waals surface area contributed by atoms with Crippen molar-refractivity contribution in [2.75, 3.05) is 13.1 Å². The van der Waals surface area contributed by atoms with Gasteiger partial charge in [0, 0.05) is 25.5 Å². The Morgan fingerprint density at radius 1 is 1.16 bits per heavy atom. The van der Waals surface area contributed by atoms with Gasteiger partial charge in [-0.2, -0.15) is 13.2 Å². The molecule has 0 spiro atoms. The molecule has 2 aliphatic rings. The second kappa shape index (κ2) is 10.8. The molecular formula is C27H30F3N5O3. The topological polar surface area (TPSA) is 94.6 Å². The molecule has 8 nitrogen and oxygen atoms in total. The number of benzene rings is 1. The van der Waals surface area contributed by atoms with Crippen molar-refractivity contribution >= 4 is 17.8 Å². The number of hydrogen-bond donors (Lipinski definition) is 2. The standard InChI is InChI=1S/C27H30F3N5O3/c1-4-34-21-15-35(20(13-16(2)3)24(36)32-14-17-9-11-31-12-10-17)25(37)22(21)23(33-26(34)38)18-7-5-6-8-19(18)27(28,29)30/h5-12,16,20,23H,4,13-15H2,1-3H3,(H,32,36)(H,33,38). The Kier molecular flexibility index (Phi) is 7.75. The van der Waals surface area contributed by atoms with Gasteiger partial charge in [-0.15, -0.1) is 0 Å². The molecule has 11 heteroatoms. The third-order valence-electron chi connectivity index (χ3n) is 6.73. The number of carbonyl (C=O) groups excluding carboxylic acids is 3. The van der Waals surface area contributed by atoms with E-state index in [0.717, 1.165) is 11.6 Å². The molecule has 3 heterocycles. The van der Waals surface area contributed by atoms with Gasteiger partial charge in [-0.3, -0.25) is 19.5 Å². The Morgan fingerprint density at radius 3 is 2.47 bits per heavy atom. The zero-order chi connectivity index (χ0) is 27.6. The normalized spacial score (nSPS) is 18.6. The van der Waals surface area contributed by atoms with E-state index in [9.17, 15) is 27.6 Å². The number of rotatable bonds is 8. The summed E-state index contributed by atoms with van der Waals surface area (Å²) >= 11 is 0. The third-order valence-corrected chi connectivity index (χ3v) is 6.73. The summed E-state index contributed by atoms with van der Waals surface area (Å²) in [6, 6.07) is 5.66. The molecule has 0 fully saturated rings. The van der Waals surface area contributed by atoms with Crippen LogP contribution in [0.2, 0.25) is 0 Å². The van der Waals surface area contributed by atoms with Crippen molar-refractivity contribution in [2.45, 2.75) is 52.0 Å². The van der Waals surface area contributed by atoms with E-state index in [2.05, 4.69) is 15.6 Å². The molecule has 2 atom stereocenters. The highest BCUT2D eigenvalue weighted by Crippen LogP contribution is 2.42. The molecule has 4 amide bonds. The van der Waals surface area contributed by atoms with Crippen LogP contribution >= 0.6 is 0 Å². The first kappa shape index (κ1) is 27.2. The van der Waals surface area contributed by atoms with Gasteiger partial charge >= 0.3 is 12.2 Å². The van der Waals surface area contributed by atoms with E-state index in [1.54, 1.807) is 31.5 Å². The van der Waals surface area contributed by atoms with Crippen molar-refractivity contribution in [3.05, 3.63) is 76.8 Å². The Bertz CT molecular complexity index is 1250. The number of alkyl halides is 3. The van der Waals surface area contributed by atoms with Gasteiger partial charge in [0.15, 0.2) is 0 Å². The Balaban J connectivity index is 1.69. The zero-order valence-electron chi connectivity index (χ0n) is 21.4. The minimum Gasteiger partial charge on any atom is -0.350 e. The lowest BCUT2D eigenvalue weighted by molar-refractivity contribution is -0.139. The van der Waals surface area contributed by atoms with E-state index < -0.39 is 35.8 Å². The average molecular weight is 530 g/mol. The number of likely N-dealkylation sites (N-methyl/N-ethyl adjacent to an activating group) is 1. The van der Waals surface area contributed by atoms with Gasteiger partial charge < -0.3 is 15.5 Å². The number of urea groups is 1. The molecule has 1 aromatic carbocycles. The summed E-state index contributed by atoms with van der Waals surface area (Å²) in [7, 11) is 0. The molecule has 2 aromatic rings. The highest BCUT2D eigenvalue weighted by atomic mass is 19.4. The SMILES string of the molecule is CCN1C(=O)NC(c2ccccc2C(F)(F)F)C2=C1CN(C(CC(C)C)C(=O)NCc1ccncc1)C2=O. The zero-order valence-corrected chi connectivity index (χ0v) is 21.4. The first-order valence-electron chi connectivity index (χ1n) is 12.5. The molecule has 4 rings (SSSR count). The maximum Gasteiger partial charge on any atom is 0.416 e. The lowest BCUT2D eigenvalue weighted by Crippen LogP contribution is -2.49. The number of aromatic nitrogens is 1. The van der Waals surface area contributed by atoms with Gasteiger partial charge in [0.1, 0.15) is 6.04 Å². The van der Waals surface area contributed by atoms with Crippen LogP contribution in [0.25, 0.3) is 0 Å². The van der Waals surface area contributed by atoms with Crippen molar-refractivity contribution < 1.29 is 27.6 Å². The number of nitrogens with one attached hydrogen (secondary N) is 2. The number of pyridine rings is 1. The molecule has 2 N–H and O–H groups in total. The maximum atomic E-state index is 13.9. The molecule has 38 heavy (non-hydrogen) atoms. The summed E-state index contributed by atoms with van der Waals surface area (Å²) < 4.78 is 41.6. The Labute approximate surface area is 218 Å². The first-order valence-corrected chi connectivity index (χ1v) is 12.5. The van der Waals surface area contributed by atoms with Crippen molar-refractivity contribution in [3.8, 4) is 0 Å². The second-order valence-electron chi connectivity index (χ2n) is 9.72. The molecule has 0 aliphatic carbocycles. The molecular weight excluding hydrogens is 499 g/mol. The summed E-state index contributed by atoms with van der Waals surface area (Å²) in [5.74, 6) is -0.899. The van der Waals surface area contributed by atoms with Crippen LogP contribution < -0.4 is 10.6 Å². The van der Waals surface area contributed by atoms with Gasteiger partial charge in [0.05, 0.1) is 29.4 Å². The average Bonchev–Trinajstić information content (AvgIpc) is 3.22. The number of nitrogens with zero attached hydrogens (tertiary/aromatic N) is 3. The molecule has 1 aromatic heterocycles. The summed E-state index contributed by atoms with van der Waals surface area (Å²) in [5, 5.41) is 5.46. The van der Waals surface area contributed by atoms with Crippen LogP contribution in [0.4, 0.5) is 18.0 Å². The summed E-state index contributed by atoms with van der Waals surface area (Å²) in [5.41, 5.74) is 0.0619. The molecule has 0 bridgehead atoms. The fourth-order valence-corrected chi connectivity index (χ4v) is 4.97. The van der Waals surface area contributed by atoms with Crippen LogP contribution in [0.15, 0.2) is 60.1 Å². The lowest BCUT2D eigenvalue weighted by atomic mass is 9.91. The van der Waals surface area contributed by atoms with Crippen molar-refractivity contribution in [1.29, 1.82) is 0 Å². The van der Waals surface area contributed by atoms with Gasteiger partial charge in [0.25, 0.3) is 5.91 Å². The van der Waals surface area contributed by atoms with Crippen molar-refractivity contribution in [2.24, 2.45) is 5.92 Å². The van der Waals surface area contributed by atoms with Crippen LogP contribution in [-0.2, 0) is 22.3 Å². The van der Waals surface area contributed by atoms with E-state index in [0.29, 0.717) is 12.1 Å². The van der Waals surface area contributed by atoms with E-state index in [4.69, 9.17) is 0 Å². The van der Waals surface area contributed by atoms with Gasteiger partial charge in [-0.05, 0) is 48.6 Å². The van der Waals surface area contributed by atoms with E-state index in [-0.39, 0.29) is 42.6 Å². The minimum absolute atomic E-state index is 0.0425. The van der Waals surface area contributed by atoms with Crippen LogP contribution in [-0.4, -0.2) is 51.8 Å². The number of amides is 4. The van der Waals surface area contributed by atoms with E-state index in [1.165, 1.54) is 28.0 Å². The highest BCUT2D eigenvalue weighted by molar-refractivity contribution is 6.03. The van der Waals surface area contributed by atoms with E-state index >= 15 is 0 Å². The van der Waals surface area contributed by atoms with Crippen LogP contribution in [0.5, 0.6) is 0 Å². The Morgan fingerprint density at radius 2 is 1.84 bits per heavy atom. The van der Waals surface area contributed by atoms with E-state index in [1.807, 2.05) is 13.8 Å². The third kappa shape index (κ3) is 5.36. The highest BCUT2D eigenvalue weighted by Gasteiger charge is 2.48. The predicted molar refractivity (Wildman–Crippen MR) is 133 cm³/mol. The Hall–Kier alpha value is -3.89. The fraction of sp³-hybridized carbons (Fsp3) is 0.407. The number of carbonyl (C=O) groups is 3. The largest absolute Gasteiger partial charge is 0.416 e. The van der Waals surface area contributed by atoms with Crippen LogP contribution in [0, 0.1) is 5.92 Å². The fourth-order valence-electron chi connectivity index (χ4n) is 4.97. The number of hydrogen-bond acceptors (Lipinski definition) is 4. The number of halogens is 3. The van der Waals surface area contributed by atoms with Crippen LogP contribution in [0.1, 0.15) is 49.9 Å². The summed E-state index contributed by atoms with van der Waals surface area (Å²) in [6.07, 6.45) is -1.13. The van der Waals surface area contributed by atoms with Crippen LogP contribution in [0.3, 0.4) is 0 Å². The van der Waals surface area contributed by atoms with Gasteiger partial charge in [0.2, 0.25) is 5.91 Å². The lowest BCUT2D eigenvalue weighted by Gasteiger charge is -2.33. The summed E-state index contributed by atoms with van der Waals surface area (Å²) in [4.78, 5) is 46.9. The monoisotopic (exact) mass is 529 g/mol. The molecule has 202 valence electrons. The molecule has 0 radical (unpaired) electrons. The molecule has 0 saturated carbocycles. The van der Waals surface area contributed by atoms with Gasteiger partial charge in [-0.1, -0.05) is 32.0 Å². The van der Waals surface area contributed by atoms with Crippen molar-refractivity contribution in [1.82, 2.24) is 25.4 Å². The quantitative estimate of drug-likeness (QED) is 0.540. The first-order chi connectivity index (χ1) is 18.0. The minimum atomic E-state index is -4.68. The second-order valence-corrected chi connectivity index (χ2v) is 9.72. The van der Waals surface area contributed by atoms with Gasteiger partial charge in [-0.25, -0.2) is 4.79 Å². The smallest absolute Gasteiger partial charge is 0.350 e. The van der Waals surface area contributed by atoms with Crippen molar-refractivity contribution in [3.63, 3.8) is 0 Å². The molecule has 0 saturated heterocycles. The molecule has 2 aliphatic heterocycles. The maximum absolute atomic E-state index is 13.9.